The molecule has 0 unspecified atom stereocenters. The molecule has 0 saturated heterocycles. The minimum absolute atomic E-state index is 0.940. The molecule has 1 aromatic rings. The summed E-state index contributed by atoms with van der Waals surface area (Å²) >= 11 is 0. The van der Waals surface area contributed by atoms with E-state index in [0.717, 1.165) is 25.9 Å². The Morgan fingerprint density at radius 2 is 1.74 bits per heavy atom. The maximum Gasteiger partial charge on any atom is 0.0678 e. The predicted molar refractivity (Wildman–Crippen MR) is 83.1 cm³/mol. The number of allylic oxidation sites excluding steroid dienone is 3. The van der Waals surface area contributed by atoms with Crippen LogP contribution < -0.4 is 0 Å². The van der Waals surface area contributed by atoms with Crippen molar-refractivity contribution in [3.8, 4) is 0 Å². The summed E-state index contributed by atoms with van der Waals surface area (Å²) in [4.78, 5) is 0. The molecule has 1 aliphatic rings. The standard InChI is InChI=1S/C17H22N2/c1-3-19(4-2)18-17-13-9-8-12-16(17)14-15-10-6-5-7-11-15/h5-11,14H,3-4,12-13H2,1-2H3. The van der Waals surface area contributed by atoms with Gasteiger partial charge in [0.2, 0.25) is 0 Å². The fourth-order valence-electron chi connectivity index (χ4n) is 2.19. The maximum absolute atomic E-state index is 4.78. The van der Waals surface area contributed by atoms with E-state index in [-0.39, 0.29) is 0 Å². The minimum atomic E-state index is 0.940. The third kappa shape index (κ3) is 3.82. The van der Waals surface area contributed by atoms with Gasteiger partial charge in [0.25, 0.3) is 0 Å². The first-order valence-corrected chi connectivity index (χ1v) is 7.07. The quantitative estimate of drug-likeness (QED) is 0.583. The van der Waals surface area contributed by atoms with Gasteiger partial charge in [0.05, 0.1) is 5.71 Å². The molecule has 0 atom stereocenters. The molecule has 0 spiro atoms. The van der Waals surface area contributed by atoms with Crippen LogP contribution in [0.25, 0.3) is 6.08 Å². The van der Waals surface area contributed by atoms with Gasteiger partial charge in [0, 0.05) is 19.5 Å². The topological polar surface area (TPSA) is 15.6 Å². The zero-order valence-electron chi connectivity index (χ0n) is 11.8. The summed E-state index contributed by atoms with van der Waals surface area (Å²) in [6.07, 6.45) is 8.62. The van der Waals surface area contributed by atoms with Crippen molar-refractivity contribution >= 4 is 11.8 Å². The van der Waals surface area contributed by atoms with Gasteiger partial charge in [-0.1, -0.05) is 42.5 Å². The van der Waals surface area contributed by atoms with Crippen LogP contribution >= 0.6 is 0 Å². The van der Waals surface area contributed by atoms with Crippen LogP contribution in [0.3, 0.4) is 0 Å². The zero-order valence-corrected chi connectivity index (χ0v) is 11.8. The molecule has 0 aromatic heterocycles. The highest BCUT2D eigenvalue weighted by Gasteiger charge is 2.10. The van der Waals surface area contributed by atoms with Crippen LogP contribution in [0.5, 0.6) is 0 Å². The van der Waals surface area contributed by atoms with Crippen molar-refractivity contribution in [2.45, 2.75) is 26.7 Å². The van der Waals surface area contributed by atoms with Crippen LogP contribution in [0.1, 0.15) is 32.3 Å². The smallest absolute Gasteiger partial charge is 0.0678 e. The lowest BCUT2D eigenvalue weighted by Crippen LogP contribution is -2.20. The van der Waals surface area contributed by atoms with E-state index >= 15 is 0 Å². The van der Waals surface area contributed by atoms with Gasteiger partial charge in [0.15, 0.2) is 0 Å². The molecule has 2 heteroatoms. The summed E-state index contributed by atoms with van der Waals surface area (Å²) < 4.78 is 0. The second kappa shape index (κ2) is 6.93. The molecule has 0 fully saturated rings. The number of rotatable bonds is 4. The number of benzene rings is 1. The first-order chi connectivity index (χ1) is 9.33. The average Bonchev–Trinajstić information content (AvgIpc) is 2.47. The van der Waals surface area contributed by atoms with Crippen LogP contribution in [0.2, 0.25) is 0 Å². The fourth-order valence-corrected chi connectivity index (χ4v) is 2.19. The minimum Gasteiger partial charge on any atom is -0.297 e. The number of hydrogen-bond donors (Lipinski definition) is 0. The lowest BCUT2D eigenvalue weighted by Gasteiger charge is -2.19. The molecule has 0 amide bonds. The van der Waals surface area contributed by atoms with Gasteiger partial charge in [0.1, 0.15) is 0 Å². The molecular formula is C17H22N2. The van der Waals surface area contributed by atoms with Crippen LogP contribution in [0, 0.1) is 0 Å². The van der Waals surface area contributed by atoms with Crippen LogP contribution in [-0.2, 0) is 0 Å². The molecule has 1 aromatic carbocycles. The van der Waals surface area contributed by atoms with Gasteiger partial charge >= 0.3 is 0 Å². The van der Waals surface area contributed by atoms with Crippen LogP contribution in [-0.4, -0.2) is 23.8 Å². The Morgan fingerprint density at radius 3 is 2.42 bits per heavy atom. The highest BCUT2D eigenvalue weighted by Crippen LogP contribution is 2.19. The van der Waals surface area contributed by atoms with E-state index in [1.165, 1.54) is 16.8 Å². The van der Waals surface area contributed by atoms with E-state index in [0.29, 0.717) is 0 Å². The monoisotopic (exact) mass is 254 g/mol. The fraction of sp³-hybridized carbons (Fsp3) is 0.353. The molecule has 0 bridgehead atoms. The summed E-state index contributed by atoms with van der Waals surface area (Å²) in [5.41, 5.74) is 3.79. The summed E-state index contributed by atoms with van der Waals surface area (Å²) in [6, 6.07) is 10.5. The largest absolute Gasteiger partial charge is 0.297 e. The molecule has 19 heavy (non-hydrogen) atoms. The average molecular weight is 254 g/mol. The Morgan fingerprint density at radius 1 is 1.05 bits per heavy atom. The third-order valence-corrected chi connectivity index (χ3v) is 3.32. The Balaban J connectivity index is 2.26. The Kier molecular flexibility index (Phi) is 4.96. The van der Waals surface area contributed by atoms with Crippen LogP contribution in [0.15, 0.2) is 53.2 Å². The summed E-state index contributed by atoms with van der Waals surface area (Å²) in [5.74, 6) is 0. The Hall–Kier alpha value is -1.83. The molecule has 0 aliphatic heterocycles. The van der Waals surface area contributed by atoms with Gasteiger partial charge in [-0.05, 0) is 37.5 Å². The van der Waals surface area contributed by atoms with E-state index in [4.69, 9.17) is 5.10 Å². The predicted octanol–water partition coefficient (Wildman–Crippen LogP) is 4.12. The molecule has 0 saturated carbocycles. The van der Waals surface area contributed by atoms with Crippen molar-refractivity contribution in [2.75, 3.05) is 13.1 Å². The van der Waals surface area contributed by atoms with Crippen molar-refractivity contribution in [3.05, 3.63) is 53.6 Å². The van der Waals surface area contributed by atoms with Gasteiger partial charge in [-0.2, -0.15) is 5.10 Å². The summed E-state index contributed by atoms with van der Waals surface area (Å²) in [6.45, 7) is 6.21. The third-order valence-electron chi connectivity index (χ3n) is 3.32. The van der Waals surface area contributed by atoms with Gasteiger partial charge in [-0.3, -0.25) is 5.01 Å². The first-order valence-electron chi connectivity index (χ1n) is 7.07. The first kappa shape index (κ1) is 13.6. The van der Waals surface area contributed by atoms with Crippen molar-refractivity contribution in [1.29, 1.82) is 0 Å². The molecule has 0 radical (unpaired) electrons. The molecule has 0 N–H and O–H groups in total. The van der Waals surface area contributed by atoms with Crippen LogP contribution in [0.4, 0.5) is 0 Å². The molecule has 2 rings (SSSR count). The van der Waals surface area contributed by atoms with E-state index in [1.807, 2.05) is 6.07 Å². The molecular weight excluding hydrogens is 232 g/mol. The normalized spacial score (nSPS) is 19.1. The number of hydrazone groups is 1. The Bertz CT molecular complexity index is 479. The van der Waals surface area contributed by atoms with Crippen molar-refractivity contribution in [1.82, 2.24) is 5.01 Å². The highest BCUT2D eigenvalue weighted by molar-refractivity contribution is 6.05. The number of hydrogen-bond acceptors (Lipinski definition) is 2. The summed E-state index contributed by atoms with van der Waals surface area (Å²) in [7, 11) is 0. The van der Waals surface area contributed by atoms with Crippen molar-refractivity contribution in [3.63, 3.8) is 0 Å². The Labute approximate surface area is 116 Å². The molecule has 1 aliphatic carbocycles. The van der Waals surface area contributed by atoms with Gasteiger partial charge in [-0.25, -0.2) is 0 Å². The van der Waals surface area contributed by atoms with Gasteiger partial charge < -0.3 is 0 Å². The molecule has 100 valence electrons. The lowest BCUT2D eigenvalue weighted by molar-refractivity contribution is 0.321. The second-order valence-corrected chi connectivity index (χ2v) is 4.65. The second-order valence-electron chi connectivity index (χ2n) is 4.65. The zero-order chi connectivity index (χ0) is 13.5. The molecule has 2 nitrogen and oxygen atoms in total. The van der Waals surface area contributed by atoms with E-state index < -0.39 is 0 Å². The van der Waals surface area contributed by atoms with Gasteiger partial charge in [-0.15, -0.1) is 0 Å². The van der Waals surface area contributed by atoms with Crippen molar-refractivity contribution in [2.24, 2.45) is 5.10 Å². The van der Waals surface area contributed by atoms with E-state index in [9.17, 15) is 0 Å². The maximum atomic E-state index is 4.78. The SMILES string of the molecule is CCN(CC)N=C1CC=CCC1=Cc1ccccc1. The number of nitrogens with zero attached hydrogens (tertiary/aromatic N) is 2. The van der Waals surface area contributed by atoms with Crippen molar-refractivity contribution < 1.29 is 0 Å². The summed E-state index contributed by atoms with van der Waals surface area (Å²) in [5, 5.41) is 6.90. The van der Waals surface area contributed by atoms with E-state index in [2.05, 4.69) is 61.3 Å². The molecule has 0 heterocycles. The van der Waals surface area contributed by atoms with E-state index in [1.54, 1.807) is 0 Å². The lowest BCUT2D eigenvalue weighted by atomic mass is 9.96. The highest BCUT2D eigenvalue weighted by atomic mass is 15.4.